The van der Waals surface area contributed by atoms with Crippen LogP contribution in [-0.2, 0) is 38.9 Å². The molecule has 0 N–H and O–H groups in total. The molecule has 360 valence electrons. The maximum atomic E-state index is 13.5. The molecule has 17 heteroatoms. The van der Waals surface area contributed by atoms with Gasteiger partial charge in [-0.3, -0.25) is 19.2 Å². The normalized spacial score (nSPS) is 13.4. The van der Waals surface area contributed by atoms with E-state index in [2.05, 4.69) is 0 Å². The summed E-state index contributed by atoms with van der Waals surface area (Å²) in [5.74, 6) is 1.98. The lowest BCUT2D eigenvalue weighted by molar-refractivity contribution is -0.121. The Hall–Kier alpha value is -9.03. The molecule has 0 saturated carbocycles. The molecule has 2 aliphatic heterocycles. The number of hydrogen-bond donors (Lipinski definition) is 0. The predicted octanol–water partition coefficient (Wildman–Crippen LogP) is 11.5. The third kappa shape index (κ3) is 10.5. The predicted molar refractivity (Wildman–Crippen MR) is 270 cm³/mol. The SMILES string of the molecule is O=C1C=CC(=O)N1c1ccc(Oc2ccc(S(=O)(=O)c3ccc(Oc4ccc(Sc5ccc(Oc6ccc(S(=O)(=O)c7ccc(Oc8ccc(N9C(=O)C=CC9=O)cc8)cc7)cc6)cc5)cc4)cc3)cc2)cc1. The summed E-state index contributed by atoms with van der Waals surface area (Å²) in [6.45, 7) is 0. The Morgan fingerprint density at radius 1 is 0.274 bits per heavy atom. The van der Waals surface area contributed by atoms with Gasteiger partial charge in [0.25, 0.3) is 23.6 Å². The number of imide groups is 2. The van der Waals surface area contributed by atoms with E-state index in [4.69, 9.17) is 18.9 Å². The Bertz CT molecular complexity index is 3410. The van der Waals surface area contributed by atoms with E-state index < -0.39 is 43.3 Å². The Balaban J connectivity index is 0.684. The zero-order chi connectivity index (χ0) is 50.7. The lowest BCUT2D eigenvalue weighted by Gasteiger charge is -2.14. The minimum Gasteiger partial charge on any atom is -0.457 e. The monoisotopic (exact) mass is 1020 g/mol. The molecule has 8 aromatic carbocycles. The van der Waals surface area contributed by atoms with Gasteiger partial charge in [-0.2, -0.15) is 0 Å². The molecule has 0 aromatic heterocycles. The highest BCUT2D eigenvalue weighted by Gasteiger charge is 2.26. The molecule has 0 saturated heterocycles. The number of amides is 4. The van der Waals surface area contributed by atoms with E-state index in [9.17, 15) is 36.0 Å². The molecule has 2 heterocycles. The maximum absolute atomic E-state index is 13.5. The lowest BCUT2D eigenvalue weighted by atomic mass is 10.2. The number of carbonyl (C=O) groups is 4. The minimum absolute atomic E-state index is 0.0758. The van der Waals surface area contributed by atoms with Crippen LogP contribution in [0.25, 0.3) is 0 Å². The molecule has 2 aliphatic rings. The summed E-state index contributed by atoms with van der Waals surface area (Å²) in [5.41, 5.74) is 0.814. The number of ether oxygens (including phenoxy) is 4. The number of sulfone groups is 2. The number of rotatable bonds is 16. The molecule has 10 rings (SSSR count). The second kappa shape index (κ2) is 20.0. The van der Waals surface area contributed by atoms with Gasteiger partial charge in [-0.05, 0) is 194 Å². The average molecular weight is 1030 g/mol. The highest BCUT2D eigenvalue weighted by molar-refractivity contribution is 7.99. The van der Waals surface area contributed by atoms with Gasteiger partial charge in [0.2, 0.25) is 19.7 Å². The van der Waals surface area contributed by atoms with Gasteiger partial charge < -0.3 is 18.9 Å². The Morgan fingerprint density at radius 3 is 0.685 bits per heavy atom. The third-order valence-electron chi connectivity index (χ3n) is 11.2. The summed E-state index contributed by atoms with van der Waals surface area (Å²) >= 11 is 1.53. The van der Waals surface area contributed by atoms with Gasteiger partial charge in [0.05, 0.1) is 31.0 Å². The fraction of sp³-hybridized carbons (Fsp3) is 0. The first-order chi connectivity index (χ1) is 35.2. The first-order valence-corrected chi connectivity index (χ1v) is 25.9. The number of carbonyl (C=O) groups excluding carboxylic acids is 4. The van der Waals surface area contributed by atoms with Crippen LogP contribution in [0.1, 0.15) is 0 Å². The van der Waals surface area contributed by atoms with Gasteiger partial charge in [0, 0.05) is 34.1 Å². The van der Waals surface area contributed by atoms with Crippen molar-refractivity contribution in [3.05, 3.63) is 218 Å². The third-order valence-corrected chi connectivity index (χ3v) is 15.8. The van der Waals surface area contributed by atoms with Gasteiger partial charge in [0.15, 0.2) is 0 Å². The summed E-state index contributed by atoms with van der Waals surface area (Å²) in [6, 6.07) is 51.9. The largest absolute Gasteiger partial charge is 0.457 e. The van der Waals surface area contributed by atoms with Crippen LogP contribution >= 0.6 is 11.8 Å². The lowest BCUT2D eigenvalue weighted by Crippen LogP contribution is -2.29. The van der Waals surface area contributed by atoms with Crippen molar-refractivity contribution in [3.63, 3.8) is 0 Å². The number of nitrogens with zero attached hydrogens (tertiary/aromatic N) is 2. The smallest absolute Gasteiger partial charge is 0.258 e. The highest BCUT2D eigenvalue weighted by Crippen LogP contribution is 2.35. The van der Waals surface area contributed by atoms with Gasteiger partial charge in [-0.1, -0.05) is 11.8 Å². The van der Waals surface area contributed by atoms with E-state index in [0.29, 0.717) is 57.4 Å². The van der Waals surface area contributed by atoms with Crippen molar-refractivity contribution in [2.75, 3.05) is 9.80 Å². The van der Waals surface area contributed by atoms with Crippen LogP contribution in [0.4, 0.5) is 11.4 Å². The molecule has 0 fully saturated rings. The van der Waals surface area contributed by atoms with Gasteiger partial charge in [-0.25, -0.2) is 26.6 Å². The second-order valence-electron chi connectivity index (χ2n) is 16.0. The van der Waals surface area contributed by atoms with Crippen molar-refractivity contribution in [2.45, 2.75) is 29.4 Å². The Labute approximate surface area is 422 Å². The van der Waals surface area contributed by atoms with Crippen LogP contribution < -0.4 is 28.7 Å². The molecule has 4 amide bonds. The molecule has 73 heavy (non-hydrogen) atoms. The highest BCUT2D eigenvalue weighted by atomic mass is 32.2. The zero-order valence-corrected chi connectivity index (χ0v) is 40.3. The number of hydrogen-bond acceptors (Lipinski definition) is 13. The summed E-state index contributed by atoms with van der Waals surface area (Å²) < 4.78 is 77.5. The standard InChI is InChI=1S/C56H36N2O12S3/c59-53-33-34-54(60)57(53)37-1-5-39(6-2-37)67-43-13-25-49(26-14-43)72(63,64)51-29-17-45(18-30-51)69-41-9-21-47(22-10-41)71-48-23-11-42(12-24-48)70-46-19-31-52(32-20-46)73(65,66)50-27-15-44(16-28-50)68-40-7-3-38(4-8-40)58-55(61)35-36-56(58)62/h1-36H. The summed E-state index contributed by atoms with van der Waals surface area (Å²) in [7, 11) is -7.71. The van der Waals surface area contributed by atoms with Crippen LogP contribution in [-0.4, -0.2) is 40.5 Å². The molecule has 0 aliphatic carbocycles. The summed E-state index contributed by atoms with van der Waals surface area (Å²) in [6.07, 6.45) is 4.82. The molecule has 8 aromatic rings. The first-order valence-electron chi connectivity index (χ1n) is 22.1. The maximum Gasteiger partial charge on any atom is 0.258 e. The van der Waals surface area contributed by atoms with Gasteiger partial charge in [0.1, 0.15) is 46.0 Å². The van der Waals surface area contributed by atoms with E-state index in [0.717, 1.165) is 19.6 Å². The number of benzene rings is 8. The van der Waals surface area contributed by atoms with Crippen LogP contribution in [0.3, 0.4) is 0 Å². The van der Waals surface area contributed by atoms with Crippen LogP contribution in [0, 0.1) is 0 Å². The Kier molecular flexibility index (Phi) is 13.0. The van der Waals surface area contributed by atoms with Gasteiger partial charge in [-0.15, -0.1) is 0 Å². The summed E-state index contributed by atoms with van der Waals surface area (Å²) in [4.78, 5) is 52.1. The molecule has 0 radical (unpaired) electrons. The van der Waals surface area contributed by atoms with E-state index >= 15 is 0 Å². The van der Waals surface area contributed by atoms with E-state index in [-0.39, 0.29) is 19.6 Å². The molecule has 0 spiro atoms. The minimum atomic E-state index is -3.86. The summed E-state index contributed by atoms with van der Waals surface area (Å²) in [5, 5.41) is 0. The quantitative estimate of drug-likeness (QED) is 0.0835. The van der Waals surface area contributed by atoms with Crippen LogP contribution in [0.2, 0.25) is 0 Å². The van der Waals surface area contributed by atoms with Crippen molar-refractivity contribution in [1.29, 1.82) is 0 Å². The van der Waals surface area contributed by atoms with Crippen molar-refractivity contribution >= 4 is 66.4 Å². The van der Waals surface area contributed by atoms with E-state index in [1.54, 1.807) is 97.1 Å². The zero-order valence-electron chi connectivity index (χ0n) is 37.8. The molecular formula is C56H36N2O12S3. The van der Waals surface area contributed by atoms with Crippen molar-refractivity contribution in [3.8, 4) is 46.0 Å². The van der Waals surface area contributed by atoms with Crippen LogP contribution in [0.15, 0.2) is 248 Å². The fourth-order valence-corrected chi connectivity index (χ4v) is 10.8. The van der Waals surface area contributed by atoms with Gasteiger partial charge >= 0.3 is 0 Å². The Morgan fingerprint density at radius 2 is 0.466 bits per heavy atom. The van der Waals surface area contributed by atoms with Crippen molar-refractivity contribution < 1.29 is 55.0 Å². The molecule has 0 atom stereocenters. The molecular weight excluding hydrogens is 989 g/mol. The molecule has 0 unspecified atom stereocenters. The first kappa shape index (κ1) is 47.6. The molecule has 14 nitrogen and oxygen atoms in total. The topological polar surface area (TPSA) is 180 Å². The van der Waals surface area contributed by atoms with Crippen LogP contribution in [0.5, 0.6) is 46.0 Å². The van der Waals surface area contributed by atoms with Crippen molar-refractivity contribution in [2.24, 2.45) is 0 Å². The molecule has 0 bridgehead atoms. The van der Waals surface area contributed by atoms with Crippen molar-refractivity contribution in [1.82, 2.24) is 0 Å². The van der Waals surface area contributed by atoms with E-state index in [1.165, 1.54) is 84.6 Å². The van der Waals surface area contributed by atoms with E-state index in [1.807, 2.05) is 48.5 Å². The number of anilines is 2. The average Bonchev–Trinajstić information content (AvgIpc) is 3.93. The fourth-order valence-electron chi connectivity index (χ4n) is 7.49. The second-order valence-corrected chi connectivity index (χ2v) is 21.1.